The van der Waals surface area contributed by atoms with Crippen LogP contribution in [0.2, 0.25) is 0 Å². The molecule has 1 fully saturated rings. The van der Waals surface area contributed by atoms with Gasteiger partial charge >= 0.3 is 0 Å². The molecule has 0 radical (unpaired) electrons. The van der Waals surface area contributed by atoms with Crippen molar-refractivity contribution in [1.29, 1.82) is 0 Å². The first-order chi connectivity index (χ1) is 12.6. The fourth-order valence-electron chi connectivity index (χ4n) is 3.58. The number of sulfone groups is 1. The number of hydrogen-bond acceptors (Lipinski definition) is 5. The van der Waals surface area contributed by atoms with Gasteiger partial charge in [0.2, 0.25) is 0 Å². The lowest BCUT2D eigenvalue weighted by molar-refractivity contribution is 0.365. The molecular formula is C20H32N4O2S. The molecule has 0 saturated carbocycles. The maximum Gasteiger partial charge on any atom is 0.182 e. The lowest BCUT2D eigenvalue weighted by atomic mass is 9.92. The third-order valence-electron chi connectivity index (χ3n) is 5.04. The van der Waals surface area contributed by atoms with E-state index >= 15 is 0 Å². The summed E-state index contributed by atoms with van der Waals surface area (Å²) in [5, 5.41) is 2.81. The van der Waals surface area contributed by atoms with E-state index < -0.39 is 9.84 Å². The number of aromatic nitrogens is 2. The molecule has 0 bridgehead atoms. The van der Waals surface area contributed by atoms with Crippen LogP contribution in [-0.4, -0.2) is 61.8 Å². The molecule has 3 rings (SSSR count). The van der Waals surface area contributed by atoms with E-state index in [1.165, 1.54) is 0 Å². The zero-order valence-electron chi connectivity index (χ0n) is 17.1. The average Bonchev–Trinajstić information content (AvgIpc) is 3.19. The van der Waals surface area contributed by atoms with Crippen LogP contribution in [0.4, 0.5) is 0 Å². The molecule has 1 aliphatic heterocycles. The summed E-state index contributed by atoms with van der Waals surface area (Å²) in [4.78, 5) is 7.38. The molecule has 1 aromatic carbocycles. The van der Waals surface area contributed by atoms with Crippen LogP contribution in [0, 0.1) is 5.41 Å². The van der Waals surface area contributed by atoms with Gasteiger partial charge in [0.25, 0.3) is 0 Å². The Hall–Kier alpha value is -1.44. The largest absolute Gasteiger partial charge is 0.327 e. The van der Waals surface area contributed by atoms with Crippen LogP contribution in [0.5, 0.6) is 0 Å². The molecule has 2 aromatic rings. The lowest BCUT2D eigenvalue weighted by Gasteiger charge is -2.19. The Bertz CT molecular complexity index is 904. The number of likely N-dealkylation sites (N-methyl/N-ethyl adjacent to an activating group) is 1. The van der Waals surface area contributed by atoms with Crippen molar-refractivity contribution in [3.05, 3.63) is 24.0 Å². The Morgan fingerprint density at radius 1 is 1.30 bits per heavy atom. The summed E-state index contributed by atoms with van der Waals surface area (Å²) in [6.07, 6.45) is 1.52. The smallest absolute Gasteiger partial charge is 0.182 e. The maximum atomic E-state index is 12.9. The number of hydrogen-bond donors (Lipinski definition) is 1. The highest BCUT2D eigenvalue weighted by Gasteiger charge is 2.30. The molecule has 2 heterocycles. The summed E-state index contributed by atoms with van der Waals surface area (Å²) >= 11 is 0. The molecular weight excluding hydrogens is 360 g/mol. The van der Waals surface area contributed by atoms with E-state index in [0.717, 1.165) is 42.9 Å². The van der Waals surface area contributed by atoms with Gasteiger partial charge in [0.15, 0.2) is 9.84 Å². The van der Waals surface area contributed by atoms with Gasteiger partial charge in [-0.2, -0.15) is 0 Å². The standard InChI is InChI=1S/C20H32N4O2S/c1-20(2,3)13-19-22-17-12-15(27(25,26)16-8-9-21-14-16)6-7-18(17)24(19)11-10-23(4)5/h6-7,12,16,21H,8-11,13-14H2,1-5H3/t16-/m0/s1. The van der Waals surface area contributed by atoms with Gasteiger partial charge in [0.1, 0.15) is 5.82 Å². The van der Waals surface area contributed by atoms with Crippen LogP contribution < -0.4 is 5.32 Å². The third kappa shape index (κ3) is 4.52. The highest BCUT2D eigenvalue weighted by atomic mass is 32.2. The van der Waals surface area contributed by atoms with Crippen LogP contribution in [-0.2, 0) is 22.8 Å². The van der Waals surface area contributed by atoms with Gasteiger partial charge < -0.3 is 14.8 Å². The second-order valence-electron chi connectivity index (χ2n) is 9.03. The fraction of sp³-hybridized carbons (Fsp3) is 0.650. The van der Waals surface area contributed by atoms with E-state index in [2.05, 4.69) is 49.7 Å². The Kier molecular flexibility index (Phi) is 5.66. The van der Waals surface area contributed by atoms with Crippen molar-refractivity contribution in [2.75, 3.05) is 33.7 Å². The summed E-state index contributed by atoms with van der Waals surface area (Å²) < 4.78 is 28.1. The molecule has 27 heavy (non-hydrogen) atoms. The predicted octanol–water partition coefficient (Wildman–Crippen LogP) is 2.32. The van der Waals surface area contributed by atoms with Crippen molar-refractivity contribution in [3.8, 4) is 0 Å². The Balaban J connectivity index is 2.03. The first-order valence-corrected chi connectivity index (χ1v) is 11.2. The summed E-state index contributed by atoms with van der Waals surface area (Å²) in [5.74, 6) is 1.02. The maximum absolute atomic E-state index is 12.9. The summed E-state index contributed by atoms with van der Waals surface area (Å²) in [5.41, 5.74) is 1.90. The van der Waals surface area contributed by atoms with Crippen molar-refractivity contribution >= 4 is 20.9 Å². The molecule has 1 N–H and O–H groups in total. The minimum atomic E-state index is -3.31. The Labute approximate surface area is 162 Å². The van der Waals surface area contributed by atoms with E-state index in [0.29, 0.717) is 17.9 Å². The second kappa shape index (κ2) is 7.53. The van der Waals surface area contributed by atoms with Gasteiger partial charge in [-0.1, -0.05) is 20.8 Å². The molecule has 150 valence electrons. The summed E-state index contributed by atoms with van der Waals surface area (Å²) in [6, 6.07) is 5.45. The van der Waals surface area contributed by atoms with Crippen LogP contribution in [0.3, 0.4) is 0 Å². The summed E-state index contributed by atoms with van der Waals surface area (Å²) in [6.45, 7) is 9.65. The van der Waals surface area contributed by atoms with E-state index in [-0.39, 0.29) is 10.7 Å². The molecule has 0 aliphatic carbocycles. The van der Waals surface area contributed by atoms with Gasteiger partial charge in [-0.25, -0.2) is 13.4 Å². The Morgan fingerprint density at radius 2 is 2.04 bits per heavy atom. The first kappa shape index (κ1) is 20.3. The zero-order chi connectivity index (χ0) is 19.8. The number of imidazole rings is 1. The fourth-order valence-corrected chi connectivity index (χ4v) is 5.26. The molecule has 1 aromatic heterocycles. The van der Waals surface area contributed by atoms with Crippen LogP contribution in [0.25, 0.3) is 11.0 Å². The van der Waals surface area contributed by atoms with Crippen molar-refractivity contribution in [2.45, 2.75) is 50.3 Å². The SMILES string of the molecule is CN(C)CCn1c(CC(C)(C)C)nc2cc(S(=O)(=O)[C@H]3CCNC3)ccc21. The van der Waals surface area contributed by atoms with Gasteiger partial charge in [0, 0.05) is 26.1 Å². The second-order valence-corrected chi connectivity index (χ2v) is 11.3. The highest BCUT2D eigenvalue weighted by molar-refractivity contribution is 7.92. The average molecular weight is 393 g/mol. The minimum Gasteiger partial charge on any atom is -0.327 e. The minimum absolute atomic E-state index is 0.113. The van der Waals surface area contributed by atoms with Crippen molar-refractivity contribution in [2.24, 2.45) is 5.41 Å². The van der Waals surface area contributed by atoms with Crippen LogP contribution >= 0.6 is 0 Å². The van der Waals surface area contributed by atoms with Gasteiger partial charge in [0.05, 0.1) is 21.2 Å². The molecule has 1 atom stereocenters. The van der Waals surface area contributed by atoms with E-state index in [1.807, 2.05) is 6.07 Å². The molecule has 6 nitrogen and oxygen atoms in total. The number of rotatable bonds is 6. The number of fused-ring (bicyclic) bond motifs is 1. The molecule has 0 amide bonds. The first-order valence-electron chi connectivity index (χ1n) is 9.66. The van der Waals surface area contributed by atoms with Crippen LogP contribution in [0.1, 0.15) is 33.0 Å². The molecule has 7 heteroatoms. The third-order valence-corrected chi connectivity index (χ3v) is 7.23. The molecule has 1 saturated heterocycles. The molecule has 0 spiro atoms. The van der Waals surface area contributed by atoms with Gasteiger partial charge in [-0.15, -0.1) is 0 Å². The van der Waals surface area contributed by atoms with E-state index in [4.69, 9.17) is 4.98 Å². The van der Waals surface area contributed by atoms with Crippen molar-refractivity contribution < 1.29 is 8.42 Å². The molecule has 1 aliphatic rings. The quantitative estimate of drug-likeness (QED) is 0.817. The number of benzene rings is 1. The van der Waals surface area contributed by atoms with E-state index in [1.54, 1.807) is 12.1 Å². The topological polar surface area (TPSA) is 67.2 Å². The zero-order valence-corrected chi connectivity index (χ0v) is 17.9. The predicted molar refractivity (Wildman–Crippen MR) is 110 cm³/mol. The van der Waals surface area contributed by atoms with Crippen molar-refractivity contribution in [1.82, 2.24) is 19.8 Å². The lowest BCUT2D eigenvalue weighted by Crippen LogP contribution is -2.24. The normalized spacial score (nSPS) is 18.7. The van der Waals surface area contributed by atoms with Gasteiger partial charge in [-0.3, -0.25) is 0 Å². The highest BCUT2D eigenvalue weighted by Crippen LogP contribution is 2.28. The van der Waals surface area contributed by atoms with E-state index in [9.17, 15) is 8.42 Å². The number of nitrogens with one attached hydrogen (secondary N) is 1. The summed E-state index contributed by atoms with van der Waals surface area (Å²) in [7, 11) is 0.802. The number of nitrogens with zero attached hydrogens (tertiary/aromatic N) is 3. The van der Waals surface area contributed by atoms with Crippen molar-refractivity contribution in [3.63, 3.8) is 0 Å². The Morgan fingerprint density at radius 3 is 2.63 bits per heavy atom. The van der Waals surface area contributed by atoms with Crippen LogP contribution in [0.15, 0.2) is 23.1 Å². The van der Waals surface area contributed by atoms with Gasteiger partial charge in [-0.05, 0) is 50.7 Å². The molecule has 0 unspecified atom stereocenters. The monoisotopic (exact) mass is 392 g/mol.